The lowest BCUT2D eigenvalue weighted by molar-refractivity contribution is -0.142. The van der Waals surface area contributed by atoms with Gasteiger partial charge in [0.2, 0.25) is 0 Å². The molecule has 6 nitrogen and oxygen atoms in total. The van der Waals surface area contributed by atoms with E-state index in [1.165, 1.54) is 4.90 Å². The van der Waals surface area contributed by atoms with Gasteiger partial charge in [0, 0.05) is 18.3 Å². The van der Waals surface area contributed by atoms with Crippen molar-refractivity contribution in [3.05, 3.63) is 29.7 Å². The summed E-state index contributed by atoms with van der Waals surface area (Å²) in [6.45, 7) is 2.38. The highest BCUT2D eigenvalue weighted by molar-refractivity contribution is 5.97. The van der Waals surface area contributed by atoms with Gasteiger partial charge in [0.05, 0.1) is 0 Å². The van der Waals surface area contributed by atoms with Crippen LogP contribution in [0.5, 0.6) is 0 Å². The summed E-state index contributed by atoms with van der Waals surface area (Å²) in [7, 11) is 0. The Labute approximate surface area is 133 Å². The molecule has 1 N–H and O–H groups in total. The summed E-state index contributed by atoms with van der Waals surface area (Å²) in [6.07, 6.45) is 2.93. The molecule has 1 aliphatic carbocycles. The number of nitrogens with zero attached hydrogens (tertiary/aromatic N) is 2. The summed E-state index contributed by atoms with van der Waals surface area (Å²) >= 11 is 0. The van der Waals surface area contributed by atoms with Gasteiger partial charge >= 0.3 is 5.97 Å². The van der Waals surface area contributed by atoms with Gasteiger partial charge in [0.15, 0.2) is 11.3 Å². The largest absolute Gasteiger partial charge is 0.480 e. The molecule has 3 unspecified atom stereocenters. The molecule has 3 atom stereocenters. The van der Waals surface area contributed by atoms with Crippen molar-refractivity contribution >= 4 is 23.0 Å². The number of carboxylic acids is 1. The van der Waals surface area contributed by atoms with Crippen LogP contribution in [0.1, 0.15) is 35.5 Å². The molecule has 2 aromatic heterocycles. The number of pyridine rings is 1. The van der Waals surface area contributed by atoms with E-state index in [-0.39, 0.29) is 17.6 Å². The fourth-order valence-corrected chi connectivity index (χ4v) is 4.10. The number of carbonyl (C=O) groups is 2. The second kappa shape index (κ2) is 5.08. The summed E-state index contributed by atoms with van der Waals surface area (Å²) in [5.41, 5.74) is 2.02. The van der Waals surface area contributed by atoms with E-state index >= 15 is 0 Å². The number of carboxylic acid groups (broad SMARTS) is 1. The molecular weight excluding hydrogens is 296 g/mol. The number of amides is 1. The molecule has 3 heterocycles. The molecule has 1 aliphatic heterocycles. The molecular formula is C17H18N2O4. The van der Waals surface area contributed by atoms with Gasteiger partial charge in [-0.3, -0.25) is 4.79 Å². The number of likely N-dealkylation sites (tertiary alicyclic amines) is 1. The average Bonchev–Trinajstić information content (AvgIpc) is 3.18. The summed E-state index contributed by atoms with van der Waals surface area (Å²) in [5, 5.41) is 9.57. The minimum atomic E-state index is -0.919. The van der Waals surface area contributed by atoms with Crippen LogP contribution >= 0.6 is 0 Å². The number of aromatic nitrogens is 1. The Morgan fingerprint density at radius 1 is 1.35 bits per heavy atom. The molecule has 0 bridgehead atoms. The third-order valence-electron chi connectivity index (χ3n) is 5.13. The van der Waals surface area contributed by atoms with E-state index in [0.29, 0.717) is 23.6 Å². The fourth-order valence-electron chi connectivity index (χ4n) is 4.10. The van der Waals surface area contributed by atoms with Crippen LogP contribution in [-0.2, 0) is 4.79 Å². The smallest absolute Gasteiger partial charge is 0.326 e. The maximum absolute atomic E-state index is 12.8. The number of aryl methyl sites for hydroxylation is 1. The number of fused-ring (bicyclic) bond motifs is 2. The number of carbonyl (C=O) groups excluding carboxylic acids is 1. The zero-order chi connectivity index (χ0) is 16.1. The topological polar surface area (TPSA) is 83.6 Å². The van der Waals surface area contributed by atoms with E-state index in [9.17, 15) is 14.7 Å². The fraction of sp³-hybridized carbons (Fsp3) is 0.471. The maximum Gasteiger partial charge on any atom is 0.326 e. The Kier molecular flexibility index (Phi) is 3.14. The van der Waals surface area contributed by atoms with Gasteiger partial charge in [0.25, 0.3) is 5.91 Å². The van der Waals surface area contributed by atoms with Crippen molar-refractivity contribution in [3.8, 4) is 0 Å². The predicted molar refractivity (Wildman–Crippen MR) is 82.0 cm³/mol. The molecule has 2 aromatic rings. The molecule has 0 aromatic carbocycles. The van der Waals surface area contributed by atoms with Gasteiger partial charge in [-0.1, -0.05) is 6.42 Å². The highest BCUT2D eigenvalue weighted by Gasteiger charge is 2.50. The molecule has 2 aliphatic rings. The highest BCUT2D eigenvalue weighted by Crippen LogP contribution is 2.42. The number of aliphatic carboxylic acids is 1. The van der Waals surface area contributed by atoms with Gasteiger partial charge in [-0.2, -0.15) is 0 Å². The summed E-state index contributed by atoms with van der Waals surface area (Å²) in [4.78, 5) is 30.3. The molecule has 120 valence electrons. The Morgan fingerprint density at radius 2 is 2.17 bits per heavy atom. The van der Waals surface area contributed by atoms with Gasteiger partial charge in [-0.25, -0.2) is 9.78 Å². The Hall–Kier alpha value is -2.37. The minimum Gasteiger partial charge on any atom is -0.480 e. The zero-order valence-electron chi connectivity index (χ0n) is 12.9. The van der Waals surface area contributed by atoms with Crippen LogP contribution in [0.15, 0.2) is 22.6 Å². The van der Waals surface area contributed by atoms with Crippen molar-refractivity contribution in [3.63, 3.8) is 0 Å². The Morgan fingerprint density at radius 3 is 2.96 bits per heavy atom. The molecule has 6 heteroatoms. The second-order valence-corrected chi connectivity index (χ2v) is 6.54. The van der Waals surface area contributed by atoms with Crippen molar-refractivity contribution in [1.82, 2.24) is 9.88 Å². The first-order valence-electron chi connectivity index (χ1n) is 7.95. The molecule has 4 rings (SSSR count). The van der Waals surface area contributed by atoms with Gasteiger partial charge in [-0.05, 0) is 43.7 Å². The first-order chi connectivity index (χ1) is 11.0. The molecule has 1 amide bonds. The van der Waals surface area contributed by atoms with E-state index in [2.05, 4.69) is 4.98 Å². The Bertz CT molecular complexity index is 797. The predicted octanol–water partition coefficient (Wildman–Crippen LogP) is 2.46. The third kappa shape index (κ3) is 2.20. The van der Waals surface area contributed by atoms with E-state index in [4.69, 9.17) is 4.42 Å². The summed E-state index contributed by atoms with van der Waals surface area (Å²) < 4.78 is 5.60. The lowest BCUT2D eigenvalue weighted by Gasteiger charge is -2.23. The second-order valence-electron chi connectivity index (χ2n) is 6.54. The summed E-state index contributed by atoms with van der Waals surface area (Å²) in [5.74, 6) is -0.726. The summed E-state index contributed by atoms with van der Waals surface area (Å²) in [6, 6.07) is 4.47. The maximum atomic E-state index is 12.8. The first kappa shape index (κ1) is 14.2. The monoisotopic (exact) mass is 314 g/mol. The normalized spacial score (nSPS) is 26.7. The number of hydrogen-bond acceptors (Lipinski definition) is 4. The molecule has 0 spiro atoms. The van der Waals surface area contributed by atoms with E-state index in [0.717, 1.165) is 25.0 Å². The zero-order valence-corrected chi connectivity index (χ0v) is 12.9. The lowest BCUT2D eigenvalue weighted by atomic mass is 9.94. The van der Waals surface area contributed by atoms with Crippen LogP contribution in [0.2, 0.25) is 0 Å². The molecule has 0 radical (unpaired) electrons. The Balaban J connectivity index is 1.68. The van der Waals surface area contributed by atoms with Crippen LogP contribution < -0.4 is 0 Å². The van der Waals surface area contributed by atoms with Crippen molar-refractivity contribution in [2.75, 3.05) is 6.54 Å². The van der Waals surface area contributed by atoms with Crippen molar-refractivity contribution in [2.24, 2.45) is 11.8 Å². The van der Waals surface area contributed by atoms with Gasteiger partial charge in [0.1, 0.15) is 11.6 Å². The van der Waals surface area contributed by atoms with Crippen molar-refractivity contribution < 1.29 is 19.1 Å². The molecule has 1 saturated carbocycles. The number of rotatable bonds is 2. The first-order valence-corrected chi connectivity index (χ1v) is 7.95. The van der Waals surface area contributed by atoms with Crippen LogP contribution in [0, 0.1) is 18.8 Å². The standard InChI is InChI=1S/C17H18N2O4/c1-9-5-6-13-12(18-9)7-14(23-13)16(20)19-8-10-3-2-4-11(10)15(19)17(21)22/h5-7,10-11,15H,2-4,8H2,1H3,(H,21,22). The lowest BCUT2D eigenvalue weighted by Crippen LogP contribution is -2.43. The quantitative estimate of drug-likeness (QED) is 0.920. The number of hydrogen-bond donors (Lipinski definition) is 1. The van der Waals surface area contributed by atoms with Crippen LogP contribution in [0.25, 0.3) is 11.1 Å². The van der Waals surface area contributed by atoms with Crippen molar-refractivity contribution in [1.29, 1.82) is 0 Å². The van der Waals surface area contributed by atoms with Crippen LogP contribution in [-0.4, -0.2) is 39.5 Å². The van der Waals surface area contributed by atoms with Crippen molar-refractivity contribution in [2.45, 2.75) is 32.2 Å². The minimum absolute atomic E-state index is 0.0706. The molecule has 23 heavy (non-hydrogen) atoms. The molecule has 2 fully saturated rings. The molecule has 1 saturated heterocycles. The third-order valence-corrected chi connectivity index (χ3v) is 5.13. The van der Waals surface area contributed by atoms with Gasteiger partial charge in [-0.15, -0.1) is 0 Å². The van der Waals surface area contributed by atoms with Crippen LogP contribution in [0.3, 0.4) is 0 Å². The highest BCUT2D eigenvalue weighted by atomic mass is 16.4. The van der Waals surface area contributed by atoms with E-state index in [1.807, 2.05) is 13.0 Å². The van der Waals surface area contributed by atoms with Gasteiger partial charge < -0.3 is 14.4 Å². The van der Waals surface area contributed by atoms with E-state index in [1.54, 1.807) is 12.1 Å². The SMILES string of the molecule is Cc1ccc2oc(C(=O)N3CC4CCCC4C3C(=O)O)cc2n1. The number of furan rings is 1. The average molecular weight is 314 g/mol. The van der Waals surface area contributed by atoms with E-state index < -0.39 is 12.0 Å². The van der Waals surface area contributed by atoms with Crippen LogP contribution in [0.4, 0.5) is 0 Å².